The lowest BCUT2D eigenvalue weighted by Gasteiger charge is -2.25. The second-order valence-electron chi connectivity index (χ2n) is 6.21. The van der Waals surface area contributed by atoms with E-state index in [2.05, 4.69) is 0 Å². The number of carbonyl (C=O) groups excluding carboxylic acids is 2. The number of rotatable bonds is 4. The van der Waals surface area contributed by atoms with E-state index in [4.69, 9.17) is 4.74 Å². The first-order chi connectivity index (χ1) is 12.1. The molecule has 2 aromatic carbocycles. The third kappa shape index (κ3) is 3.79. The van der Waals surface area contributed by atoms with Crippen molar-refractivity contribution in [3.05, 3.63) is 71.8 Å². The third-order valence-corrected chi connectivity index (χ3v) is 4.30. The van der Waals surface area contributed by atoms with E-state index in [0.717, 1.165) is 23.2 Å². The molecule has 2 atom stereocenters. The number of benzene rings is 2. The second-order valence-corrected chi connectivity index (χ2v) is 6.21. The maximum atomic E-state index is 12.8. The molecule has 3 rings (SSSR count). The molecule has 1 aliphatic heterocycles. The lowest BCUT2D eigenvalue weighted by molar-refractivity contribution is -0.149. The number of hydrogen-bond acceptors (Lipinski definition) is 3. The predicted molar refractivity (Wildman–Crippen MR) is 98.1 cm³/mol. The van der Waals surface area contributed by atoms with Gasteiger partial charge in [0.05, 0.1) is 0 Å². The van der Waals surface area contributed by atoms with Gasteiger partial charge in [-0.05, 0) is 43.5 Å². The topological polar surface area (TPSA) is 46.6 Å². The molecule has 4 heteroatoms. The average molecular weight is 335 g/mol. The van der Waals surface area contributed by atoms with Crippen molar-refractivity contribution in [3.63, 3.8) is 0 Å². The summed E-state index contributed by atoms with van der Waals surface area (Å²) in [6, 6.07) is 17.4. The molecule has 0 fully saturated rings. The summed E-state index contributed by atoms with van der Waals surface area (Å²) in [5.41, 5.74) is 2.95. The van der Waals surface area contributed by atoms with Gasteiger partial charge in [-0.15, -0.1) is 0 Å². The number of esters is 1. The number of nitrogens with zero attached hydrogens (tertiary/aromatic N) is 1. The minimum Gasteiger partial charge on any atom is -0.449 e. The zero-order valence-electron chi connectivity index (χ0n) is 14.4. The Labute approximate surface area is 147 Å². The maximum absolute atomic E-state index is 12.8. The average Bonchev–Trinajstić information content (AvgIpc) is 2.96. The van der Waals surface area contributed by atoms with E-state index >= 15 is 0 Å². The molecule has 1 amide bonds. The van der Waals surface area contributed by atoms with Gasteiger partial charge in [0.2, 0.25) is 0 Å². The Morgan fingerprint density at radius 2 is 1.80 bits per heavy atom. The summed E-state index contributed by atoms with van der Waals surface area (Å²) < 4.78 is 5.29. The van der Waals surface area contributed by atoms with Crippen LogP contribution in [0.25, 0.3) is 6.08 Å². The van der Waals surface area contributed by atoms with E-state index in [-0.39, 0.29) is 11.9 Å². The van der Waals surface area contributed by atoms with Crippen molar-refractivity contribution < 1.29 is 14.3 Å². The summed E-state index contributed by atoms with van der Waals surface area (Å²) in [5.74, 6) is -0.719. The number of para-hydroxylation sites is 1. The van der Waals surface area contributed by atoms with Crippen molar-refractivity contribution in [2.45, 2.75) is 32.4 Å². The molecule has 0 N–H and O–H groups in total. The van der Waals surface area contributed by atoms with Crippen LogP contribution in [-0.2, 0) is 20.7 Å². The molecule has 0 bridgehead atoms. The van der Waals surface area contributed by atoms with Gasteiger partial charge in [0.25, 0.3) is 5.91 Å². The number of anilines is 1. The number of hydrogen-bond donors (Lipinski definition) is 0. The van der Waals surface area contributed by atoms with Crippen LogP contribution in [0.2, 0.25) is 0 Å². The van der Waals surface area contributed by atoms with Crippen LogP contribution >= 0.6 is 0 Å². The third-order valence-electron chi connectivity index (χ3n) is 4.30. The van der Waals surface area contributed by atoms with Crippen molar-refractivity contribution >= 4 is 23.6 Å². The number of amides is 1. The molecule has 128 valence electrons. The molecule has 1 heterocycles. The number of fused-ring (bicyclic) bond motifs is 1. The molecule has 2 aromatic rings. The van der Waals surface area contributed by atoms with Gasteiger partial charge in [0.15, 0.2) is 6.10 Å². The molecule has 0 spiro atoms. The second kappa shape index (κ2) is 7.34. The highest BCUT2D eigenvalue weighted by molar-refractivity contribution is 6.00. The smallest absolute Gasteiger partial charge is 0.331 e. The number of carbonyl (C=O) groups is 2. The van der Waals surface area contributed by atoms with Crippen LogP contribution in [0.4, 0.5) is 5.69 Å². The van der Waals surface area contributed by atoms with Crippen LogP contribution in [0.1, 0.15) is 25.0 Å². The summed E-state index contributed by atoms with van der Waals surface area (Å²) in [6.45, 7) is 3.62. The van der Waals surface area contributed by atoms with Gasteiger partial charge in [0.1, 0.15) is 0 Å². The Kier molecular flexibility index (Phi) is 4.98. The van der Waals surface area contributed by atoms with E-state index in [1.54, 1.807) is 17.9 Å². The molecule has 0 unspecified atom stereocenters. The van der Waals surface area contributed by atoms with E-state index in [1.165, 1.54) is 6.08 Å². The summed E-state index contributed by atoms with van der Waals surface area (Å²) in [4.78, 5) is 26.5. The summed E-state index contributed by atoms with van der Waals surface area (Å²) in [5, 5.41) is 0. The van der Waals surface area contributed by atoms with Gasteiger partial charge in [-0.25, -0.2) is 4.79 Å². The highest BCUT2D eigenvalue weighted by atomic mass is 16.5. The fourth-order valence-electron chi connectivity index (χ4n) is 3.09. The van der Waals surface area contributed by atoms with Gasteiger partial charge >= 0.3 is 5.97 Å². The molecule has 1 aliphatic rings. The molecule has 0 radical (unpaired) electrons. The predicted octanol–water partition coefficient (Wildman–Crippen LogP) is 3.61. The van der Waals surface area contributed by atoms with E-state index < -0.39 is 12.1 Å². The van der Waals surface area contributed by atoms with E-state index in [0.29, 0.717) is 0 Å². The highest BCUT2D eigenvalue weighted by Gasteiger charge is 2.34. The molecule has 0 aliphatic carbocycles. The van der Waals surface area contributed by atoms with Crippen LogP contribution in [0.5, 0.6) is 0 Å². The van der Waals surface area contributed by atoms with Gasteiger partial charge in [-0.1, -0.05) is 48.5 Å². The zero-order chi connectivity index (χ0) is 17.8. The first-order valence-electron chi connectivity index (χ1n) is 8.41. The van der Waals surface area contributed by atoms with Gasteiger partial charge in [-0.2, -0.15) is 0 Å². The van der Waals surface area contributed by atoms with Crippen molar-refractivity contribution in [1.82, 2.24) is 0 Å². The molecular weight excluding hydrogens is 314 g/mol. The van der Waals surface area contributed by atoms with Crippen LogP contribution in [-0.4, -0.2) is 24.0 Å². The zero-order valence-corrected chi connectivity index (χ0v) is 14.4. The Balaban J connectivity index is 1.65. The van der Waals surface area contributed by atoms with Crippen LogP contribution in [0.15, 0.2) is 60.7 Å². The van der Waals surface area contributed by atoms with Crippen LogP contribution in [0, 0.1) is 0 Å². The monoisotopic (exact) mass is 335 g/mol. The minimum atomic E-state index is -0.832. The quantitative estimate of drug-likeness (QED) is 0.633. The lowest BCUT2D eigenvalue weighted by atomic mass is 10.1. The first kappa shape index (κ1) is 17.0. The fourth-order valence-corrected chi connectivity index (χ4v) is 3.09. The van der Waals surface area contributed by atoms with Gasteiger partial charge in [-0.3, -0.25) is 4.79 Å². The standard InChI is InChI=1S/C21H21NO3/c1-15-14-18-10-6-7-11-19(18)22(15)21(24)16(2)25-20(23)13-12-17-8-4-3-5-9-17/h3-13,15-16H,14H2,1-2H3/b13-12+/t15-,16+/m0/s1. The Hall–Kier alpha value is -2.88. The van der Waals surface area contributed by atoms with E-state index in [1.807, 2.05) is 61.5 Å². The van der Waals surface area contributed by atoms with Crippen molar-refractivity contribution in [1.29, 1.82) is 0 Å². The first-order valence-corrected chi connectivity index (χ1v) is 8.41. The van der Waals surface area contributed by atoms with Crippen molar-refractivity contribution in [2.75, 3.05) is 4.90 Å². The number of ether oxygens (including phenoxy) is 1. The largest absolute Gasteiger partial charge is 0.449 e. The Bertz CT molecular complexity index is 798. The minimum absolute atomic E-state index is 0.0610. The van der Waals surface area contributed by atoms with Crippen molar-refractivity contribution in [3.8, 4) is 0 Å². The summed E-state index contributed by atoms with van der Waals surface area (Å²) in [6.07, 6.45) is 3.01. The molecule has 0 aromatic heterocycles. The SMILES string of the molecule is C[C@@H](OC(=O)/C=C/c1ccccc1)C(=O)N1c2ccccc2C[C@@H]1C. The molecule has 0 saturated heterocycles. The van der Waals surface area contributed by atoms with Crippen LogP contribution < -0.4 is 4.90 Å². The summed E-state index contributed by atoms with van der Waals surface area (Å²) >= 11 is 0. The normalized spacial score (nSPS) is 17.4. The lowest BCUT2D eigenvalue weighted by Crippen LogP contribution is -2.43. The summed E-state index contributed by atoms with van der Waals surface area (Å²) in [7, 11) is 0. The van der Waals surface area contributed by atoms with Crippen LogP contribution in [0.3, 0.4) is 0 Å². The highest BCUT2D eigenvalue weighted by Crippen LogP contribution is 2.32. The van der Waals surface area contributed by atoms with Gasteiger partial charge in [0, 0.05) is 17.8 Å². The molecule has 4 nitrogen and oxygen atoms in total. The Morgan fingerprint density at radius 3 is 2.56 bits per heavy atom. The molecular formula is C21H21NO3. The van der Waals surface area contributed by atoms with E-state index in [9.17, 15) is 9.59 Å². The Morgan fingerprint density at radius 1 is 1.12 bits per heavy atom. The molecule has 25 heavy (non-hydrogen) atoms. The van der Waals surface area contributed by atoms with Crippen molar-refractivity contribution in [2.24, 2.45) is 0 Å². The van der Waals surface area contributed by atoms with Gasteiger partial charge < -0.3 is 9.64 Å². The maximum Gasteiger partial charge on any atom is 0.331 e. The fraction of sp³-hybridized carbons (Fsp3) is 0.238. The molecule has 0 saturated carbocycles.